The topological polar surface area (TPSA) is 55.1 Å². The van der Waals surface area contributed by atoms with Crippen LogP contribution in [-0.4, -0.2) is 20.9 Å². The van der Waals surface area contributed by atoms with Gasteiger partial charge in [0.15, 0.2) is 5.69 Å². The Morgan fingerprint density at radius 1 is 1.20 bits per heavy atom. The van der Waals surface area contributed by atoms with E-state index < -0.39 is 11.8 Å². The fourth-order valence-electron chi connectivity index (χ4n) is 2.20. The van der Waals surface area contributed by atoms with Crippen LogP contribution < -0.4 is 0 Å². The van der Waals surface area contributed by atoms with Gasteiger partial charge < -0.3 is 5.11 Å². The number of carboxylic acid groups (broad SMARTS) is 1. The molecule has 0 aliphatic rings. The second-order valence-electron chi connectivity index (χ2n) is 4.54. The lowest BCUT2D eigenvalue weighted by Gasteiger charge is -2.08. The molecule has 0 aliphatic carbocycles. The molecule has 0 unspecified atom stereocenters. The van der Waals surface area contributed by atoms with Crippen LogP contribution in [0.3, 0.4) is 0 Å². The summed E-state index contributed by atoms with van der Waals surface area (Å²) >= 11 is 0. The lowest BCUT2D eigenvalue weighted by molar-refractivity contribution is 0.0687. The molecule has 20 heavy (non-hydrogen) atoms. The minimum absolute atomic E-state index is 0.0586. The Morgan fingerprint density at radius 3 is 2.50 bits per heavy atom. The van der Waals surface area contributed by atoms with Crippen molar-refractivity contribution in [1.29, 1.82) is 0 Å². The van der Waals surface area contributed by atoms with E-state index in [4.69, 9.17) is 5.11 Å². The van der Waals surface area contributed by atoms with Crippen molar-refractivity contribution in [3.63, 3.8) is 0 Å². The third-order valence-electron chi connectivity index (χ3n) is 3.09. The van der Waals surface area contributed by atoms with E-state index in [1.807, 2.05) is 18.2 Å². The molecule has 0 aliphatic heterocycles. The maximum atomic E-state index is 14.2. The molecular formula is C15H11FN2O2. The van der Waals surface area contributed by atoms with Crippen LogP contribution in [0.15, 0.2) is 42.5 Å². The van der Waals surface area contributed by atoms with Crippen LogP contribution in [0.4, 0.5) is 4.39 Å². The second-order valence-corrected chi connectivity index (χ2v) is 4.54. The predicted octanol–water partition coefficient (Wildman–Crippen LogP) is 3.17. The first-order valence-electron chi connectivity index (χ1n) is 6.05. The van der Waals surface area contributed by atoms with E-state index in [0.717, 1.165) is 15.5 Å². The van der Waals surface area contributed by atoms with Crippen LogP contribution in [0.1, 0.15) is 16.2 Å². The summed E-state index contributed by atoms with van der Waals surface area (Å²) in [5.74, 6) is -1.65. The lowest BCUT2D eigenvalue weighted by Crippen LogP contribution is -2.09. The number of aryl methyl sites for hydroxylation is 1. The Labute approximate surface area is 114 Å². The zero-order valence-electron chi connectivity index (χ0n) is 10.7. The SMILES string of the molecule is Cc1cc(C(=O)O)n(-c2cc3ccccc3cc2F)n1. The number of carboxylic acids is 1. The van der Waals surface area contributed by atoms with Crippen LogP contribution in [0.5, 0.6) is 0 Å². The van der Waals surface area contributed by atoms with Crippen molar-refractivity contribution in [2.45, 2.75) is 6.92 Å². The van der Waals surface area contributed by atoms with E-state index in [-0.39, 0.29) is 11.4 Å². The molecule has 1 aromatic heterocycles. The number of aromatic carboxylic acids is 1. The first-order valence-corrected chi connectivity index (χ1v) is 6.05. The average molecular weight is 270 g/mol. The molecule has 0 bridgehead atoms. The maximum absolute atomic E-state index is 14.2. The highest BCUT2D eigenvalue weighted by Gasteiger charge is 2.17. The predicted molar refractivity (Wildman–Crippen MR) is 72.7 cm³/mol. The van der Waals surface area contributed by atoms with Crippen molar-refractivity contribution in [3.05, 3.63) is 59.7 Å². The summed E-state index contributed by atoms with van der Waals surface area (Å²) in [5.41, 5.74) is 0.598. The van der Waals surface area contributed by atoms with Gasteiger partial charge in [-0.3, -0.25) is 0 Å². The van der Waals surface area contributed by atoms with Gasteiger partial charge in [-0.1, -0.05) is 24.3 Å². The minimum atomic E-state index is -1.14. The smallest absolute Gasteiger partial charge is 0.354 e. The Hall–Kier alpha value is -2.69. The Balaban J connectivity index is 2.29. The van der Waals surface area contributed by atoms with Gasteiger partial charge in [0, 0.05) is 0 Å². The molecule has 3 aromatic rings. The minimum Gasteiger partial charge on any atom is -0.477 e. The van der Waals surface area contributed by atoms with E-state index in [0.29, 0.717) is 5.69 Å². The van der Waals surface area contributed by atoms with E-state index >= 15 is 0 Å². The quantitative estimate of drug-likeness (QED) is 0.778. The average Bonchev–Trinajstić information content (AvgIpc) is 2.80. The van der Waals surface area contributed by atoms with Crippen molar-refractivity contribution >= 4 is 16.7 Å². The number of aromatic nitrogens is 2. The van der Waals surface area contributed by atoms with E-state index in [1.165, 1.54) is 12.1 Å². The van der Waals surface area contributed by atoms with Crippen LogP contribution in [0, 0.1) is 12.7 Å². The molecule has 2 aromatic carbocycles. The van der Waals surface area contributed by atoms with Gasteiger partial charge in [0.1, 0.15) is 11.5 Å². The van der Waals surface area contributed by atoms with Crippen molar-refractivity contribution in [2.24, 2.45) is 0 Å². The molecule has 100 valence electrons. The molecule has 3 rings (SSSR count). The molecule has 0 fully saturated rings. The van der Waals surface area contributed by atoms with Gasteiger partial charge in [0.25, 0.3) is 0 Å². The lowest BCUT2D eigenvalue weighted by atomic mass is 10.1. The van der Waals surface area contributed by atoms with Crippen LogP contribution >= 0.6 is 0 Å². The number of hydrogen-bond donors (Lipinski definition) is 1. The summed E-state index contributed by atoms with van der Waals surface area (Å²) in [6.07, 6.45) is 0. The summed E-state index contributed by atoms with van der Waals surface area (Å²) < 4.78 is 15.3. The van der Waals surface area contributed by atoms with E-state index in [2.05, 4.69) is 5.10 Å². The number of benzene rings is 2. The molecule has 0 spiro atoms. The maximum Gasteiger partial charge on any atom is 0.354 e. The highest BCUT2D eigenvalue weighted by molar-refractivity contribution is 5.88. The molecule has 0 radical (unpaired) electrons. The van der Waals surface area contributed by atoms with E-state index in [9.17, 15) is 9.18 Å². The standard InChI is InChI=1S/C15H11FN2O2/c1-9-6-14(15(19)20)18(17-9)13-8-11-5-3-2-4-10(11)7-12(13)16/h2-8H,1H3,(H,19,20). The zero-order valence-corrected chi connectivity index (χ0v) is 10.7. The largest absolute Gasteiger partial charge is 0.477 e. The molecule has 5 heteroatoms. The summed E-state index contributed by atoms with van der Waals surface area (Å²) in [6, 6.07) is 11.7. The second kappa shape index (κ2) is 4.45. The van der Waals surface area contributed by atoms with Crippen LogP contribution in [0.25, 0.3) is 16.5 Å². The number of rotatable bonds is 2. The molecule has 4 nitrogen and oxygen atoms in total. The van der Waals surface area contributed by atoms with E-state index in [1.54, 1.807) is 19.1 Å². The molecule has 1 N–H and O–H groups in total. The normalized spacial score (nSPS) is 10.9. The monoisotopic (exact) mass is 270 g/mol. The molecular weight excluding hydrogens is 259 g/mol. The third kappa shape index (κ3) is 1.93. The van der Waals surface area contributed by atoms with Gasteiger partial charge in [-0.15, -0.1) is 0 Å². The van der Waals surface area contributed by atoms with Crippen LogP contribution in [-0.2, 0) is 0 Å². The molecule has 0 atom stereocenters. The number of carbonyl (C=O) groups is 1. The van der Waals surface area contributed by atoms with Crippen molar-refractivity contribution in [3.8, 4) is 5.69 Å². The Morgan fingerprint density at radius 2 is 1.85 bits per heavy atom. The van der Waals surface area contributed by atoms with Crippen molar-refractivity contribution in [1.82, 2.24) is 9.78 Å². The highest BCUT2D eigenvalue weighted by Crippen LogP contribution is 2.23. The van der Waals surface area contributed by atoms with Crippen molar-refractivity contribution < 1.29 is 14.3 Å². The number of halogens is 1. The van der Waals surface area contributed by atoms with Gasteiger partial charge in [0.2, 0.25) is 0 Å². The van der Waals surface area contributed by atoms with Gasteiger partial charge in [-0.05, 0) is 35.9 Å². The van der Waals surface area contributed by atoms with Gasteiger partial charge in [0.05, 0.1) is 5.69 Å². The fourth-order valence-corrected chi connectivity index (χ4v) is 2.20. The summed E-state index contributed by atoms with van der Waals surface area (Å²) in [4.78, 5) is 11.2. The van der Waals surface area contributed by atoms with Crippen LogP contribution in [0.2, 0.25) is 0 Å². The number of nitrogens with zero attached hydrogens (tertiary/aromatic N) is 2. The van der Waals surface area contributed by atoms with Gasteiger partial charge in [-0.25, -0.2) is 13.9 Å². The Bertz CT molecular complexity index is 824. The number of hydrogen-bond acceptors (Lipinski definition) is 2. The molecule has 0 amide bonds. The summed E-state index contributed by atoms with van der Waals surface area (Å²) in [7, 11) is 0. The summed E-state index contributed by atoms with van der Waals surface area (Å²) in [6.45, 7) is 1.67. The zero-order chi connectivity index (χ0) is 14.3. The summed E-state index contributed by atoms with van der Waals surface area (Å²) in [5, 5.41) is 14.8. The Kier molecular flexibility index (Phi) is 2.75. The van der Waals surface area contributed by atoms with Crippen molar-refractivity contribution in [2.75, 3.05) is 0 Å². The van der Waals surface area contributed by atoms with Gasteiger partial charge in [-0.2, -0.15) is 5.10 Å². The molecule has 0 saturated carbocycles. The molecule has 0 saturated heterocycles. The van der Waals surface area contributed by atoms with Gasteiger partial charge >= 0.3 is 5.97 Å². The highest BCUT2D eigenvalue weighted by atomic mass is 19.1. The molecule has 1 heterocycles. The third-order valence-corrected chi connectivity index (χ3v) is 3.09. The number of fused-ring (bicyclic) bond motifs is 1. The first-order chi connectivity index (χ1) is 9.56. The fraction of sp³-hybridized carbons (Fsp3) is 0.0667. The first kappa shape index (κ1) is 12.3.